The summed E-state index contributed by atoms with van der Waals surface area (Å²) in [4.78, 5) is 16.5. The zero-order valence-electron chi connectivity index (χ0n) is 12.2. The first-order valence-electron chi connectivity index (χ1n) is 6.47. The van der Waals surface area contributed by atoms with Gasteiger partial charge in [-0.1, -0.05) is 28.9 Å². The SMILES string of the molecule is Cc1c(N)cccc1/C(N)=N/OC(=O)Cn1ncc(Cl)c1C. The molecule has 0 radical (unpaired) electrons. The second-order valence-corrected chi connectivity index (χ2v) is 5.10. The van der Waals surface area contributed by atoms with Crippen molar-refractivity contribution < 1.29 is 9.63 Å². The van der Waals surface area contributed by atoms with Gasteiger partial charge < -0.3 is 16.3 Å². The minimum atomic E-state index is -0.604. The van der Waals surface area contributed by atoms with Gasteiger partial charge in [-0.15, -0.1) is 0 Å². The maximum absolute atomic E-state index is 11.7. The third-order valence-corrected chi connectivity index (χ3v) is 3.59. The van der Waals surface area contributed by atoms with Crippen LogP contribution in [0.5, 0.6) is 0 Å². The van der Waals surface area contributed by atoms with Crippen LogP contribution in [-0.4, -0.2) is 21.6 Å². The number of rotatable bonds is 4. The van der Waals surface area contributed by atoms with Gasteiger partial charge in [-0.05, 0) is 25.5 Å². The normalized spacial score (nSPS) is 11.5. The second-order valence-electron chi connectivity index (χ2n) is 4.70. The monoisotopic (exact) mass is 321 g/mol. The average Bonchev–Trinajstić information content (AvgIpc) is 2.79. The Labute approximate surface area is 132 Å². The highest BCUT2D eigenvalue weighted by atomic mass is 35.5. The maximum Gasteiger partial charge on any atom is 0.356 e. The number of amidine groups is 1. The first-order chi connectivity index (χ1) is 10.4. The van der Waals surface area contributed by atoms with Crippen LogP contribution in [0.3, 0.4) is 0 Å². The van der Waals surface area contributed by atoms with Crippen molar-refractivity contribution in [3.8, 4) is 0 Å². The van der Waals surface area contributed by atoms with Gasteiger partial charge in [0.05, 0.1) is 16.9 Å². The van der Waals surface area contributed by atoms with Gasteiger partial charge >= 0.3 is 5.97 Å². The predicted molar refractivity (Wildman–Crippen MR) is 84.4 cm³/mol. The van der Waals surface area contributed by atoms with Gasteiger partial charge in [0, 0.05) is 11.3 Å². The van der Waals surface area contributed by atoms with E-state index in [1.165, 1.54) is 10.9 Å². The summed E-state index contributed by atoms with van der Waals surface area (Å²) in [5, 5.41) is 8.08. The number of nitrogens with two attached hydrogens (primary N) is 2. The molecule has 2 aromatic rings. The smallest absolute Gasteiger partial charge is 0.356 e. The van der Waals surface area contributed by atoms with Crippen LogP contribution in [0, 0.1) is 13.8 Å². The minimum absolute atomic E-state index is 0.0772. The van der Waals surface area contributed by atoms with E-state index in [0.717, 1.165) is 5.56 Å². The van der Waals surface area contributed by atoms with E-state index in [1.54, 1.807) is 25.1 Å². The molecule has 7 nitrogen and oxygen atoms in total. The fraction of sp³-hybridized carbons (Fsp3) is 0.214. The minimum Gasteiger partial charge on any atom is -0.398 e. The van der Waals surface area contributed by atoms with Crippen LogP contribution >= 0.6 is 11.6 Å². The number of nitrogens with zero attached hydrogens (tertiary/aromatic N) is 3. The maximum atomic E-state index is 11.7. The summed E-state index contributed by atoms with van der Waals surface area (Å²) < 4.78 is 1.42. The Balaban J connectivity index is 2.06. The lowest BCUT2D eigenvalue weighted by Gasteiger charge is -2.07. The molecular formula is C14H16ClN5O2. The molecule has 0 aliphatic carbocycles. The third kappa shape index (κ3) is 3.37. The van der Waals surface area contributed by atoms with Gasteiger partial charge in [-0.2, -0.15) is 5.10 Å². The van der Waals surface area contributed by atoms with Crippen molar-refractivity contribution in [1.29, 1.82) is 0 Å². The number of carbonyl (C=O) groups is 1. The first kappa shape index (κ1) is 15.8. The molecule has 8 heteroatoms. The lowest BCUT2D eigenvalue weighted by atomic mass is 10.1. The molecule has 0 bridgehead atoms. The number of benzene rings is 1. The van der Waals surface area contributed by atoms with Gasteiger partial charge in [0.2, 0.25) is 0 Å². The van der Waals surface area contributed by atoms with Crippen LogP contribution in [0.4, 0.5) is 5.69 Å². The Kier molecular flexibility index (Phi) is 4.67. The number of halogens is 1. The van der Waals surface area contributed by atoms with E-state index in [-0.39, 0.29) is 12.4 Å². The molecule has 0 fully saturated rings. The molecule has 0 saturated heterocycles. The first-order valence-corrected chi connectivity index (χ1v) is 6.84. The van der Waals surface area contributed by atoms with E-state index in [9.17, 15) is 4.79 Å². The van der Waals surface area contributed by atoms with Crippen LogP contribution in [0.25, 0.3) is 0 Å². The van der Waals surface area contributed by atoms with Crippen molar-refractivity contribution >= 4 is 29.1 Å². The number of nitrogen functional groups attached to an aromatic ring is 1. The molecule has 1 aromatic carbocycles. The number of anilines is 1. The molecule has 0 saturated carbocycles. The van der Waals surface area contributed by atoms with Gasteiger partial charge in [-0.3, -0.25) is 4.68 Å². The van der Waals surface area contributed by atoms with Gasteiger partial charge in [0.25, 0.3) is 0 Å². The molecule has 4 N–H and O–H groups in total. The summed E-state index contributed by atoms with van der Waals surface area (Å²) in [5.41, 5.74) is 14.3. The zero-order valence-corrected chi connectivity index (χ0v) is 13.0. The summed E-state index contributed by atoms with van der Waals surface area (Å²) >= 11 is 5.86. The van der Waals surface area contributed by atoms with Crippen LogP contribution in [0.1, 0.15) is 16.8 Å². The Morgan fingerprint density at radius 2 is 2.18 bits per heavy atom. The third-order valence-electron chi connectivity index (χ3n) is 3.22. The molecule has 1 aromatic heterocycles. The quantitative estimate of drug-likeness (QED) is 0.292. The summed E-state index contributed by atoms with van der Waals surface area (Å²) in [5.74, 6) is -0.527. The van der Waals surface area contributed by atoms with E-state index >= 15 is 0 Å². The molecule has 2 rings (SSSR count). The van der Waals surface area contributed by atoms with Crippen LogP contribution in [0.2, 0.25) is 5.02 Å². The van der Waals surface area contributed by atoms with Crippen molar-refractivity contribution in [3.63, 3.8) is 0 Å². The summed E-state index contributed by atoms with van der Waals surface area (Å²) in [6.07, 6.45) is 1.46. The highest BCUT2D eigenvalue weighted by Gasteiger charge is 2.11. The second kappa shape index (κ2) is 6.48. The standard InChI is InChI=1S/C14H16ClN5O2/c1-8-10(4-3-5-12(8)16)14(17)19-22-13(21)7-20-9(2)11(15)6-18-20/h3-6H,7,16H2,1-2H3,(H2,17,19). The Morgan fingerprint density at radius 1 is 1.45 bits per heavy atom. The number of hydrogen-bond donors (Lipinski definition) is 2. The average molecular weight is 322 g/mol. The van der Waals surface area contributed by atoms with Gasteiger partial charge in [-0.25, -0.2) is 4.79 Å². The van der Waals surface area contributed by atoms with Crippen molar-refractivity contribution in [2.75, 3.05) is 5.73 Å². The topological polar surface area (TPSA) is 109 Å². The fourth-order valence-electron chi connectivity index (χ4n) is 1.81. The fourth-order valence-corrected chi connectivity index (χ4v) is 1.96. The molecule has 0 spiro atoms. The van der Waals surface area contributed by atoms with Crippen molar-refractivity contribution in [2.45, 2.75) is 20.4 Å². The Morgan fingerprint density at radius 3 is 2.82 bits per heavy atom. The lowest BCUT2D eigenvalue weighted by molar-refractivity contribution is -0.144. The van der Waals surface area contributed by atoms with Crippen LogP contribution < -0.4 is 11.5 Å². The van der Waals surface area contributed by atoms with Crippen molar-refractivity contribution in [3.05, 3.63) is 46.2 Å². The number of aromatic nitrogens is 2. The Hall–Kier alpha value is -2.54. The summed E-state index contributed by atoms with van der Waals surface area (Å²) in [6.45, 7) is 3.45. The molecule has 22 heavy (non-hydrogen) atoms. The van der Waals surface area contributed by atoms with E-state index in [0.29, 0.717) is 22.0 Å². The predicted octanol–water partition coefficient (Wildman–Crippen LogP) is 1.60. The number of carbonyl (C=O) groups excluding carboxylic acids is 1. The number of hydrogen-bond acceptors (Lipinski definition) is 5. The molecule has 0 aliphatic rings. The van der Waals surface area contributed by atoms with E-state index in [1.807, 2.05) is 6.92 Å². The van der Waals surface area contributed by atoms with E-state index < -0.39 is 5.97 Å². The molecule has 0 atom stereocenters. The van der Waals surface area contributed by atoms with Gasteiger partial charge in [0.15, 0.2) is 5.84 Å². The largest absolute Gasteiger partial charge is 0.398 e. The molecule has 116 valence electrons. The molecule has 1 heterocycles. The molecule has 0 aliphatic heterocycles. The molecule has 0 amide bonds. The number of oxime groups is 1. The molecular weight excluding hydrogens is 306 g/mol. The lowest BCUT2D eigenvalue weighted by Crippen LogP contribution is -2.19. The van der Waals surface area contributed by atoms with Crippen LogP contribution in [0.15, 0.2) is 29.6 Å². The highest BCUT2D eigenvalue weighted by Crippen LogP contribution is 2.15. The molecule has 0 unspecified atom stereocenters. The van der Waals surface area contributed by atoms with Gasteiger partial charge in [0.1, 0.15) is 6.54 Å². The van der Waals surface area contributed by atoms with Crippen molar-refractivity contribution in [1.82, 2.24) is 9.78 Å². The van der Waals surface area contributed by atoms with Crippen molar-refractivity contribution in [2.24, 2.45) is 10.9 Å². The Bertz CT molecular complexity index is 739. The van der Waals surface area contributed by atoms with Crippen LogP contribution in [-0.2, 0) is 16.2 Å². The summed E-state index contributed by atoms with van der Waals surface area (Å²) in [6, 6.07) is 5.25. The van der Waals surface area contributed by atoms with E-state index in [4.69, 9.17) is 27.9 Å². The summed E-state index contributed by atoms with van der Waals surface area (Å²) in [7, 11) is 0. The highest BCUT2D eigenvalue weighted by molar-refractivity contribution is 6.31. The van der Waals surface area contributed by atoms with E-state index in [2.05, 4.69) is 10.3 Å². The zero-order chi connectivity index (χ0) is 16.3.